The number of azide groups is 1. The third kappa shape index (κ3) is 4.76. The molecule has 0 amide bonds. The van der Waals surface area contributed by atoms with E-state index in [1.54, 1.807) is 0 Å². The maximum atomic E-state index is 13.0. The summed E-state index contributed by atoms with van der Waals surface area (Å²) in [5.41, 5.74) is 7.53. The van der Waals surface area contributed by atoms with Crippen LogP contribution in [0.25, 0.3) is 10.4 Å². The van der Waals surface area contributed by atoms with Gasteiger partial charge in [0, 0.05) is 4.91 Å². The first-order valence-electron chi connectivity index (χ1n) is 4.31. The fourth-order valence-corrected chi connectivity index (χ4v) is 0.851. The van der Waals surface area contributed by atoms with Gasteiger partial charge in [0.1, 0.15) is 6.61 Å². The molecule has 0 heterocycles. The Labute approximate surface area is 136 Å². The van der Waals surface area contributed by atoms with E-state index in [0.29, 0.717) is 0 Å². The van der Waals surface area contributed by atoms with Crippen LogP contribution >= 0.6 is 0 Å². The number of alkyl halides is 10. The average molecular weight is 361 g/mol. The molecule has 22 heavy (non-hydrogen) atoms. The molecule has 16 heteroatoms. The van der Waals surface area contributed by atoms with Crippen LogP contribution in [0.3, 0.4) is 0 Å². The molecule has 5 nitrogen and oxygen atoms in total. The molecule has 0 fully saturated rings. The van der Waals surface area contributed by atoms with E-state index in [4.69, 9.17) is 5.53 Å². The van der Waals surface area contributed by atoms with Gasteiger partial charge in [-0.3, -0.25) is 0 Å². The summed E-state index contributed by atoms with van der Waals surface area (Å²) in [6.07, 6.45) is -12.6. The van der Waals surface area contributed by atoms with E-state index in [1.807, 2.05) is 0 Å². The fraction of sp³-hybridized carbons (Fsp3) is 1.00. The number of hydrogen-bond acceptors (Lipinski definition) is 3. The Bertz CT molecular complexity index is 431. The molecule has 0 aromatic heterocycles. The summed E-state index contributed by atoms with van der Waals surface area (Å²) in [5, 5.41) is 11.8. The van der Waals surface area contributed by atoms with Gasteiger partial charge in [-0.15, -0.1) is 0 Å². The minimum absolute atomic E-state index is 0. The van der Waals surface area contributed by atoms with Gasteiger partial charge in [-0.2, -0.15) is 43.9 Å². The topological polar surface area (TPSA) is 81.1 Å². The monoisotopic (exact) mass is 361 g/mol. The molecule has 0 aliphatic heterocycles. The molecular weight excluding hydrogens is 359 g/mol. The van der Waals surface area contributed by atoms with Crippen molar-refractivity contribution in [3.05, 3.63) is 10.4 Å². The number of nitrogens with zero attached hydrogens (tertiary/aromatic N) is 3. The summed E-state index contributed by atoms with van der Waals surface area (Å²) in [7, 11) is 0. The van der Waals surface area contributed by atoms with Gasteiger partial charge >= 0.3 is 53.9 Å². The Kier molecular flexibility index (Phi) is 7.53. The largest absolute Gasteiger partial charge is 1.00 e. The van der Waals surface area contributed by atoms with E-state index >= 15 is 0 Å². The third-order valence-corrected chi connectivity index (χ3v) is 1.77. The number of ether oxygens (including phenoxy) is 1. The van der Waals surface area contributed by atoms with Crippen molar-refractivity contribution >= 4 is 0 Å². The van der Waals surface area contributed by atoms with Crippen molar-refractivity contribution in [3.63, 3.8) is 0 Å². The van der Waals surface area contributed by atoms with Gasteiger partial charge in [-0.1, -0.05) is 0 Å². The molecule has 0 aliphatic carbocycles. The van der Waals surface area contributed by atoms with Gasteiger partial charge in [-0.05, 0) is 10.6 Å². The van der Waals surface area contributed by atoms with Crippen LogP contribution < -0.4 is 34.7 Å². The summed E-state index contributed by atoms with van der Waals surface area (Å²) in [6.45, 7) is -3.18. The zero-order chi connectivity index (χ0) is 17.3. The zero-order valence-corrected chi connectivity index (χ0v) is 12.1. The van der Waals surface area contributed by atoms with Crippen LogP contribution in [0.15, 0.2) is 5.11 Å². The molecule has 0 radical (unpaired) electrons. The van der Waals surface area contributed by atoms with Crippen LogP contribution in [0.4, 0.5) is 43.9 Å². The molecular formula is C6H2F10N3NaO2. The molecule has 1 atom stereocenters. The van der Waals surface area contributed by atoms with E-state index in [1.165, 1.54) is 0 Å². The van der Waals surface area contributed by atoms with Crippen molar-refractivity contribution in [3.8, 4) is 0 Å². The molecule has 0 saturated heterocycles. The van der Waals surface area contributed by atoms with Crippen molar-refractivity contribution in [2.75, 3.05) is 6.61 Å². The Morgan fingerprint density at radius 1 is 0.955 bits per heavy atom. The van der Waals surface area contributed by atoms with E-state index in [-0.39, 0.29) is 29.6 Å². The third-order valence-electron chi connectivity index (χ3n) is 1.77. The Morgan fingerprint density at radius 2 is 1.36 bits per heavy atom. The molecule has 0 spiro atoms. The van der Waals surface area contributed by atoms with E-state index in [0.717, 1.165) is 10.0 Å². The van der Waals surface area contributed by atoms with Crippen LogP contribution in [0.2, 0.25) is 0 Å². The molecule has 0 saturated carbocycles. The summed E-state index contributed by atoms with van der Waals surface area (Å²) in [4.78, 5) is 1.09. The molecule has 0 aromatic carbocycles. The summed E-state index contributed by atoms with van der Waals surface area (Å²) in [5.74, 6) is -13.3. The van der Waals surface area contributed by atoms with Crippen molar-refractivity contribution in [1.82, 2.24) is 0 Å². The summed E-state index contributed by atoms with van der Waals surface area (Å²) >= 11 is 0. The van der Waals surface area contributed by atoms with Crippen LogP contribution in [-0.2, 0) is 4.74 Å². The van der Waals surface area contributed by atoms with Crippen LogP contribution in [0.1, 0.15) is 0 Å². The second-order valence-corrected chi connectivity index (χ2v) is 3.32. The Morgan fingerprint density at radius 3 is 1.64 bits per heavy atom. The van der Waals surface area contributed by atoms with Crippen molar-refractivity contribution < 1.29 is 83.3 Å². The molecule has 0 aliphatic rings. The first-order chi connectivity index (χ1) is 9.02. The second-order valence-electron chi connectivity index (χ2n) is 3.32. The first-order valence-corrected chi connectivity index (χ1v) is 4.31. The quantitative estimate of drug-likeness (QED) is 0.129. The van der Waals surface area contributed by atoms with Crippen molar-refractivity contribution in [2.45, 2.75) is 30.1 Å². The Hall–Kier alpha value is -0.470. The van der Waals surface area contributed by atoms with E-state index in [2.05, 4.69) is 4.74 Å². The van der Waals surface area contributed by atoms with Crippen LogP contribution in [-0.4, -0.2) is 36.7 Å². The molecule has 124 valence electrons. The van der Waals surface area contributed by atoms with Gasteiger partial charge < -0.3 is 9.84 Å². The predicted molar refractivity (Wildman–Crippen MR) is 39.8 cm³/mol. The molecule has 0 rings (SSSR count). The number of halogens is 10. The maximum absolute atomic E-state index is 13.0. The van der Waals surface area contributed by atoms with E-state index in [9.17, 15) is 49.0 Å². The van der Waals surface area contributed by atoms with Gasteiger partial charge in [0.2, 0.25) is 0 Å². The molecule has 0 N–H and O–H groups in total. The van der Waals surface area contributed by atoms with E-state index < -0.39 is 36.7 Å². The Balaban J connectivity index is 0. The van der Waals surface area contributed by atoms with Gasteiger partial charge in [0.25, 0.3) is 0 Å². The maximum Gasteiger partial charge on any atom is 1.00 e. The first kappa shape index (κ1) is 23.8. The van der Waals surface area contributed by atoms with Crippen LogP contribution in [0, 0.1) is 0 Å². The normalized spacial score (nSPS) is 16.3. The standard InChI is InChI=1S/C6H2F10N3O2.Na/c7-2(8,9)1-21-4(20,5(12,13)14)3(10,11)6(15,16)18-19-17;/h1H2;/q-1;+1. The van der Waals surface area contributed by atoms with Crippen LogP contribution in [0.5, 0.6) is 0 Å². The second kappa shape index (κ2) is 6.97. The molecule has 0 bridgehead atoms. The van der Waals surface area contributed by atoms with Gasteiger partial charge in [0.15, 0.2) is 5.79 Å². The molecule has 0 aromatic rings. The number of rotatable bonds is 5. The van der Waals surface area contributed by atoms with Gasteiger partial charge in [0.05, 0.1) is 0 Å². The summed E-state index contributed by atoms with van der Waals surface area (Å²) < 4.78 is 125. The SMILES string of the molecule is [N-]=[N+]=NC(F)(F)C(F)(F)C([O-])(OCC(F)(F)F)C(F)(F)F.[Na+]. The minimum Gasteiger partial charge on any atom is -0.817 e. The van der Waals surface area contributed by atoms with Crippen molar-refractivity contribution in [2.24, 2.45) is 5.11 Å². The average Bonchev–Trinajstić information content (AvgIpc) is 2.22. The van der Waals surface area contributed by atoms with Crippen molar-refractivity contribution in [1.29, 1.82) is 0 Å². The molecule has 1 unspecified atom stereocenters. The van der Waals surface area contributed by atoms with Gasteiger partial charge in [-0.25, -0.2) is 0 Å². The fourth-order valence-electron chi connectivity index (χ4n) is 0.851. The predicted octanol–water partition coefficient (Wildman–Crippen LogP) is -0.273. The number of hydrogen-bond donors (Lipinski definition) is 0. The zero-order valence-electron chi connectivity index (χ0n) is 10.1. The smallest absolute Gasteiger partial charge is 0.817 e. The minimum atomic E-state index is -6.88. The summed E-state index contributed by atoms with van der Waals surface area (Å²) in [6, 6.07) is -6.29.